The van der Waals surface area contributed by atoms with Gasteiger partial charge in [-0.15, -0.1) is 11.8 Å². The van der Waals surface area contributed by atoms with Crippen LogP contribution < -0.4 is 5.32 Å². The van der Waals surface area contributed by atoms with Gasteiger partial charge in [0.15, 0.2) is 5.79 Å². The molecule has 0 radical (unpaired) electrons. The number of thiocarbonyl (C=S) groups is 1. The summed E-state index contributed by atoms with van der Waals surface area (Å²) in [6.07, 6.45) is 2.06. The molecule has 1 fully saturated rings. The van der Waals surface area contributed by atoms with Crippen LogP contribution in [-0.2, 0) is 9.47 Å². The number of hydrogen-bond donors (Lipinski definition) is 1. The minimum Gasteiger partial charge on any atom is -0.368 e. The van der Waals surface area contributed by atoms with Crippen LogP contribution >= 0.6 is 24.0 Å². The average molecular weight is 221 g/mol. The van der Waals surface area contributed by atoms with Crippen molar-refractivity contribution in [2.45, 2.75) is 25.7 Å². The summed E-state index contributed by atoms with van der Waals surface area (Å²) in [5, 5.41) is 3.10. The minimum atomic E-state index is -0.437. The Morgan fingerprint density at radius 1 is 1.69 bits per heavy atom. The molecule has 76 valence electrons. The van der Waals surface area contributed by atoms with Crippen molar-refractivity contribution in [3.05, 3.63) is 0 Å². The van der Waals surface area contributed by atoms with Crippen LogP contribution in [0.15, 0.2) is 0 Å². The van der Waals surface area contributed by atoms with E-state index >= 15 is 0 Å². The summed E-state index contributed by atoms with van der Waals surface area (Å²) in [6, 6.07) is 0. The normalized spacial score (nSPS) is 25.9. The summed E-state index contributed by atoms with van der Waals surface area (Å²) in [4.78, 5) is 0. The highest BCUT2D eigenvalue weighted by atomic mass is 32.2. The van der Waals surface area contributed by atoms with E-state index < -0.39 is 5.79 Å². The fourth-order valence-corrected chi connectivity index (χ4v) is 1.44. The summed E-state index contributed by atoms with van der Waals surface area (Å²) >= 11 is 6.53. The van der Waals surface area contributed by atoms with Gasteiger partial charge in [0.25, 0.3) is 0 Å². The zero-order valence-electron chi connectivity index (χ0n) is 8.12. The first-order chi connectivity index (χ1) is 6.03. The SMILES string of the molecule is CSC(=S)NCC1COC(C)(C)O1. The van der Waals surface area contributed by atoms with Crippen molar-refractivity contribution < 1.29 is 9.47 Å². The lowest BCUT2D eigenvalue weighted by molar-refractivity contribution is -0.137. The first-order valence-corrected chi connectivity index (χ1v) is 5.80. The molecule has 0 bridgehead atoms. The van der Waals surface area contributed by atoms with Crippen molar-refractivity contribution in [1.29, 1.82) is 0 Å². The van der Waals surface area contributed by atoms with Crippen LogP contribution in [0.1, 0.15) is 13.8 Å². The molecule has 1 aliphatic heterocycles. The van der Waals surface area contributed by atoms with Gasteiger partial charge in [-0.1, -0.05) is 12.2 Å². The van der Waals surface area contributed by atoms with E-state index in [4.69, 9.17) is 21.7 Å². The molecule has 1 rings (SSSR count). The Bertz CT molecular complexity index is 197. The summed E-state index contributed by atoms with van der Waals surface area (Å²) in [5.41, 5.74) is 0. The molecule has 1 heterocycles. The fourth-order valence-electron chi connectivity index (χ4n) is 1.13. The zero-order chi connectivity index (χ0) is 9.90. The second-order valence-electron chi connectivity index (χ2n) is 3.32. The highest BCUT2D eigenvalue weighted by Gasteiger charge is 2.32. The Labute approximate surface area is 88.5 Å². The Kier molecular flexibility index (Phi) is 3.97. The van der Waals surface area contributed by atoms with Crippen LogP contribution in [0.2, 0.25) is 0 Å². The maximum Gasteiger partial charge on any atom is 0.163 e. The molecule has 0 spiro atoms. The number of rotatable bonds is 2. The summed E-state index contributed by atoms with van der Waals surface area (Å²) in [5.74, 6) is -0.437. The predicted molar refractivity (Wildman–Crippen MR) is 59.0 cm³/mol. The van der Waals surface area contributed by atoms with Gasteiger partial charge in [-0.2, -0.15) is 0 Å². The molecule has 0 aliphatic carbocycles. The van der Waals surface area contributed by atoms with Gasteiger partial charge in [0.05, 0.1) is 6.61 Å². The van der Waals surface area contributed by atoms with E-state index in [-0.39, 0.29) is 6.10 Å². The van der Waals surface area contributed by atoms with Crippen molar-refractivity contribution in [2.75, 3.05) is 19.4 Å². The number of ether oxygens (including phenoxy) is 2. The van der Waals surface area contributed by atoms with Crippen LogP contribution in [0, 0.1) is 0 Å². The predicted octanol–water partition coefficient (Wildman–Crippen LogP) is 1.38. The second-order valence-corrected chi connectivity index (χ2v) is 4.81. The number of hydrogen-bond acceptors (Lipinski definition) is 4. The fraction of sp³-hybridized carbons (Fsp3) is 0.875. The Morgan fingerprint density at radius 3 is 2.85 bits per heavy atom. The van der Waals surface area contributed by atoms with Crippen molar-refractivity contribution in [3.8, 4) is 0 Å². The first kappa shape index (κ1) is 11.2. The van der Waals surface area contributed by atoms with Gasteiger partial charge in [-0.05, 0) is 20.1 Å². The quantitative estimate of drug-likeness (QED) is 0.712. The van der Waals surface area contributed by atoms with E-state index in [1.54, 1.807) is 0 Å². The molecule has 1 unspecified atom stereocenters. The first-order valence-electron chi connectivity index (χ1n) is 4.17. The molecule has 0 aromatic carbocycles. The molecule has 0 saturated carbocycles. The number of nitrogens with one attached hydrogen (secondary N) is 1. The maximum absolute atomic E-state index is 5.59. The standard InChI is InChI=1S/C8H15NO2S2/c1-8(2)10-5-6(11-8)4-9-7(12)13-3/h6H,4-5H2,1-3H3,(H,9,12). The van der Waals surface area contributed by atoms with E-state index in [1.165, 1.54) is 11.8 Å². The Balaban J connectivity index is 2.21. The zero-order valence-corrected chi connectivity index (χ0v) is 9.76. The van der Waals surface area contributed by atoms with Crippen LogP contribution in [0.4, 0.5) is 0 Å². The van der Waals surface area contributed by atoms with Crippen molar-refractivity contribution >= 4 is 28.3 Å². The largest absolute Gasteiger partial charge is 0.368 e. The van der Waals surface area contributed by atoms with Crippen LogP contribution in [0.5, 0.6) is 0 Å². The number of thioether (sulfide) groups is 1. The molecular formula is C8H15NO2S2. The van der Waals surface area contributed by atoms with Crippen molar-refractivity contribution in [2.24, 2.45) is 0 Å². The van der Waals surface area contributed by atoms with E-state index in [1.807, 2.05) is 20.1 Å². The summed E-state index contributed by atoms with van der Waals surface area (Å²) < 4.78 is 11.8. The molecule has 0 aromatic rings. The molecule has 5 heteroatoms. The lowest BCUT2D eigenvalue weighted by Crippen LogP contribution is -2.32. The minimum absolute atomic E-state index is 0.111. The van der Waals surface area contributed by atoms with Crippen LogP contribution in [-0.4, -0.2) is 35.6 Å². The van der Waals surface area contributed by atoms with E-state index in [0.29, 0.717) is 6.61 Å². The molecule has 0 aromatic heterocycles. The third-order valence-electron chi connectivity index (χ3n) is 1.73. The topological polar surface area (TPSA) is 30.5 Å². The molecule has 1 N–H and O–H groups in total. The molecular weight excluding hydrogens is 206 g/mol. The van der Waals surface area contributed by atoms with Gasteiger partial charge in [0.1, 0.15) is 10.4 Å². The van der Waals surface area contributed by atoms with Crippen LogP contribution in [0.3, 0.4) is 0 Å². The monoisotopic (exact) mass is 221 g/mol. The lowest BCUT2D eigenvalue weighted by Gasteiger charge is -2.17. The van der Waals surface area contributed by atoms with Gasteiger partial charge in [0, 0.05) is 6.54 Å². The smallest absolute Gasteiger partial charge is 0.163 e. The molecule has 0 amide bonds. The van der Waals surface area contributed by atoms with Crippen LogP contribution in [0.25, 0.3) is 0 Å². The van der Waals surface area contributed by atoms with Gasteiger partial charge in [0.2, 0.25) is 0 Å². The molecule has 1 atom stereocenters. The molecule has 1 saturated heterocycles. The van der Waals surface area contributed by atoms with Gasteiger partial charge in [-0.3, -0.25) is 0 Å². The Morgan fingerprint density at radius 2 is 2.38 bits per heavy atom. The van der Waals surface area contributed by atoms with E-state index in [2.05, 4.69) is 5.32 Å². The highest BCUT2D eigenvalue weighted by Crippen LogP contribution is 2.21. The van der Waals surface area contributed by atoms with Gasteiger partial charge in [-0.25, -0.2) is 0 Å². The summed E-state index contributed by atoms with van der Waals surface area (Å²) in [7, 11) is 0. The van der Waals surface area contributed by atoms with Gasteiger partial charge >= 0.3 is 0 Å². The van der Waals surface area contributed by atoms with E-state index in [0.717, 1.165) is 10.9 Å². The average Bonchev–Trinajstić information content (AvgIpc) is 2.41. The van der Waals surface area contributed by atoms with Gasteiger partial charge < -0.3 is 14.8 Å². The summed E-state index contributed by atoms with van der Waals surface area (Å²) in [6.45, 7) is 5.19. The van der Waals surface area contributed by atoms with E-state index in [9.17, 15) is 0 Å². The lowest BCUT2D eigenvalue weighted by atomic mass is 10.4. The molecule has 3 nitrogen and oxygen atoms in total. The van der Waals surface area contributed by atoms with Crippen molar-refractivity contribution in [3.63, 3.8) is 0 Å². The highest BCUT2D eigenvalue weighted by molar-refractivity contribution is 8.22. The third kappa shape index (κ3) is 3.81. The maximum atomic E-state index is 5.59. The molecule has 13 heavy (non-hydrogen) atoms. The third-order valence-corrected chi connectivity index (χ3v) is 2.89. The second kappa shape index (κ2) is 4.59. The van der Waals surface area contributed by atoms with Crippen molar-refractivity contribution in [1.82, 2.24) is 5.32 Å². The Hall–Kier alpha value is 0.160. The molecule has 1 aliphatic rings.